The van der Waals surface area contributed by atoms with Crippen molar-refractivity contribution in [2.45, 2.75) is 78.1 Å². The van der Waals surface area contributed by atoms with Crippen molar-refractivity contribution in [2.24, 2.45) is 29.1 Å². The number of allylic oxidation sites excluding steroid dienone is 1. The van der Waals surface area contributed by atoms with Crippen LogP contribution >= 0.6 is 0 Å². The largest absolute Gasteiger partial charge is 0.461 e. The SMILES string of the molecule is C/C=C(\C)C(=O)O[C@@]12C[C@@H](C)[C@]3(O)[C@H]4C=C(C)C(=O)[C@@]4(O)CC(COC(C)=O)=C[C@H]3[C@@H]1C2(C)C. The molecule has 0 radical (unpaired) electrons. The molecule has 0 aromatic rings. The summed E-state index contributed by atoms with van der Waals surface area (Å²) in [6.45, 7) is 12.3. The van der Waals surface area contributed by atoms with Crippen molar-refractivity contribution in [3.63, 3.8) is 0 Å². The van der Waals surface area contributed by atoms with Crippen LogP contribution in [-0.2, 0) is 23.9 Å². The zero-order chi connectivity index (χ0) is 25.4. The molecule has 2 N–H and O–H groups in total. The van der Waals surface area contributed by atoms with E-state index in [4.69, 9.17) is 9.47 Å². The Kier molecular flexibility index (Phi) is 5.57. The van der Waals surface area contributed by atoms with Crippen LogP contribution in [0.1, 0.15) is 61.3 Å². The fourth-order valence-electron chi connectivity index (χ4n) is 7.15. The molecule has 34 heavy (non-hydrogen) atoms. The van der Waals surface area contributed by atoms with Gasteiger partial charge in [0.1, 0.15) is 17.8 Å². The summed E-state index contributed by atoms with van der Waals surface area (Å²) >= 11 is 0. The van der Waals surface area contributed by atoms with Crippen molar-refractivity contribution >= 4 is 17.7 Å². The molecule has 0 aliphatic heterocycles. The van der Waals surface area contributed by atoms with Crippen LogP contribution in [0.15, 0.2) is 34.9 Å². The highest BCUT2D eigenvalue weighted by atomic mass is 16.6. The molecule has 4 rings (SSSR count). The number of Topliss-reactive ketones (excluding diaryl/α,β-unsaturated/α-hetero) is 1. The fourth-order valence-corrected chi connectivity index (χ4v) is 7.15. The van der Waals surface area contributed by atoms with E-state index < -0.39 is 45.8 Å². The molecule has 7 atom stereocenters. The summed E-state index contributed by atoms with van der Waals surface area (Å²) in [5, 5.41) is 24.1. The van der Waals surface area contributed by atoms with Gasteiger partial charge in [0.15, 0.2) is 5.78 Å². The van der Waals surface area contributed by atoms with E-state index in [9.17, 15) is 24.6 Å². The highest BCUT2D eigenvalue weighted by Gasteiger charge is 2.83. The van der Waals surface area contributed by atoms with Crippen LogP contribution in [0.25, 0.3) is 0 Å². The molecular formula is C27H36O7. The van der Waals surface area contributed by atoms with Gasteiger partial charge in [-0.25, -0.2) is 4.79 Å². The first-order chi connectivity index (χ1) is 15.7. The number of rotatable bonds is 4. The van der Waals surface area contributed by atoms with Crippen LogP contribution in [0.5, 0.6) is 0 Å². The van der Waals surface area contributed by atoms with Crippen molar-refractivity contribution in [3.8, 4) is 0 Å². The third-order valence-corrected chi connectivity index (χ3v) is 9.16. The van der Waals surface area contributed by atoms with Crippen LogP contribution in [0.3, 0.4) is 0 Å². The van der Waals surface area contributed by atoms with Gasteiger partial charge in [0.25, 0.3) is 0 Å². The molecule has 0 aromatic carbocycles. The van der Waals surface area contributed by atoms with Crippen LogP contribution in [0.4, 0.5) is 0 Å². The highest BCUT2D eigenvalue weighted by molar-refractivity contribution is 6.04. The number of fused-ring (bicyclic) bond motifs is 5. The molecule has 0 heterocycles. The average Bonchev–Trinajstić information content (AvgIpc) is 3.16. The topological polar surface area (TPSA) is 110 Å². The summed E-state index contributed by atoms with van der Waals surface area (Å²) in [5.74, 6) is -3.19. The van der Waals surface area contributed by atoms with Gasteiger partial charge in [0, 0.05) is 42.1 Å². The summed E-state index contributed by atoms with van der Waals surface area (Å²) in [7, 11) is 0. The van der Waals surface area contributed by atoms with E-state index in [1.54, 1.807) is 32.9 Å². The molecule has 0 amide bonds. The third kappa shape index (κ3) is 3.12. The number of esters is 2. The molecule has 0 unspecified atom stereocenters. The molecule has 7 heteroatoms. The molecule has 2 fully saturated rings. The number of ketones is 1. The summed E-state index contributed by atoms with van der Waals surface area (Å²) in [6.07, 6.45) is 5.68. The Morgan fingerprint density at radius 3 is 2.44 bits per heavy atom. The van der Waals surface area contributed by atoms with Crippen molar-refractivity contribution in [1.82, 2.24) is 0 Å². The van der Waals surface area contributed by atoms with Gasteiger partial charge in [0.2, 0.25) is 0 Å². The maximum atomic E-state index is 13.1. The molecule has 4 aliphatic carbocycles. The van der Waals surface area contributed by atoms with Gasteiger partial charge in [-0.15, -0.1) is 0 Å². The third-order valence-electron chi connectivity index (χ3n) is 9.16. The predicted octanol–water partition coefficient (Wildman–Crippen LogP) is 3.05. The van der Waals surface area contributed by atoms with Gasteiger partial charge in [-0.2, -0.15) is 0 Å². The Morgan fingerprint density at radius 2 is 1.85 bits per heavy atom. The lowest BCUT2D eigenvalue weighted by Crippen LogP contribution is -2.61. The van der Waals surface area contributed by atoms with Crippen LogP contribution < -0.4 is 0 Å². The molecule has 0 aromatic heterocycles. The maximum Gasteiger partial charge on any atom is 0.333 e. The monoisotopic (exact) mass is 472 g/mol. The van der Waals surface area contributed by atoms with Crippen molar-refractivity contribution < 1.29 is 34.1 Å². The number of hydrogen-bond donors (Lipinski definition) is 2. The van der Waals surface area contributed by atoms with Gasteiger partial charge in [0.05, 0.1) is 5.60 Å². The smallest absolute Gasteiger partial charge is 0.333 e. The summed E-state index contributed by atoms with van der Waals surface area (Å²) in [4.78, 5) is 37.5. The fraction of sp³-hybridized carbons (Fsp3) is 0.667. The number of aliphatic hydroxyl groups is 2. The van der Waals surface area contributed by atoms with E-state index >= 15 is 0 Å². The summed E-state index contributed by atoms with van der Waals surface area (Å²) < 4.78 is 11.4. The lowest BCUT2D eigenvalue weighted by atomic mass is 9.60. The van der Waals surface area contributed by atoms with Gasteiger partial charge >= 0.3 is 11.9 Å². The Morgan fingerprint density at radius 1 is 1.21 bits per heavy atom. The second kappa shape index (κ2) is 7.62. The van der Waals surface area contributed by atoms with E-state index in [0.717, 1.165) is 0 Å². The molecule has 0 bridgehead atoms. The number of carbonyl (C=O) groups excluding carboxylic acids is 3. The maximum absolute atomic E-state index is 13.1. The van der Waals surface area contributed by atoms with E-state index in [2.05, 4.69) is 0 Å². The molecular weight excluding hydrogens is 436 g/mol. The second-order valence-electron chi connectivity index (χ2n) is 11.3. The first-order valence-corrected chi connectivity index (χ1v) is 12.0. The van der Waals surface area contributed by atoms with Crippen molar-refractivity contribution in [3.05, 3.63) is 34.9 Å². The lowest BCUT2D eigenvalue weighted by Gasteiger charge is -2.50. The highest BCUT2D eigenvalue weighted by Crippen LogP contribution is 2.76. The van der Waals surface area contributed by atoms with Crippen molar-refractivity contribution in [1.29, 1.82) is 0 Å². The Labute approximate surface area is 200 Å². The number of ether oxygens (including phenoxy) is 2. The molecule has 0 saturated heterocycles. The summed E-state index contributed by atoms with van der Waals surface area (Å²) in [6, 6.07) is 0. The van der Waals surface area contributed by atoms with Gasteiger partial charge < -0.3 is 19.7 Å². The van der Waals surface area contributed by atoms with Crippen LogP contribution in [-0.4, -0.2) is 51.3 Å². The van der Waals surface area contributed by atoms with E-state index in [-0.39, 0.29) is 30.8 Å². The molecule has 0 spiro atoms. The standard InChI is InChI=1S/C27H36O7/c1-8-14(2)23(30)34-26-11-16(4)27(32)19(21(26)24(26,6)7)10-18(13-33-17(5)28)12-25(31)20(27)9-15(3)22(25)29/h8-10,16,19-21,31-32H,11-13H2,1-7H3/b14-8+/t16-,19+,20+,21-,25-,26+,27-/m1/s1. The Balaban J connectivity index is 1.84. The first-order valence-electron chi connectivity index (χ1n) is 12.0. The normalized spacial score (nSPS) is 42.4. The van der Waals surface area contributed by atoms with Crippen molar-refractivity contribution in [2.75, 3.05) is 6.61 Å². The number of carbonyl (C=O) groups is 3. The first kappa shape index (κ1) is 24.9. The molecule has 4 aliphatic rings. The van der Waals surface area contributed by atoms with E-state index in [0.29, 0.717) is 23.1 Å². The molecule has 186 valence electrons. The number of hydrogen-bond acceptors (Lipinski definition) is 7. The van der Waals surface area contributed by atoms with Gasteiger partial charge in [-0.1, -0.05) is 39.0 Å². The minimum absolute atomic E-state index is 0.0270. The van der Waals surface area contributed by atoms with E-state index in [1.165, 1.54) is 6.92 Å². The quantitative estimate of drug-likeness (QED) is 0.368. The molecule has 2 saturated carbocycles. The van der Waals surface area contributed by atoms with Crippen LogP contribution in [0, 0.1) is 29.1 Å². The lowest BCUT2D eigenvalue weighted by molar-refractivity contribution is -0.185. The predicted molar refractivity (Wildman–Crippen MR) is 124 cm³/mol. The zero-order valence-corrected chi connectivity index (χ0v) is 21.1. The van der Waals surface area contributed by atoms with E-state index in [1.807, 2.05) is 26.8 Å². The minimum atomic E-state index is -1.81. The zero-order valence-electron chi connectivity index (χ0n) is 21.1. The van der Waals surface area contributed by atoms with Crippen LogP contribution in [0.2, 0.25) is 0 Å². The Bertz CT molecular complexity index is 1050. The average molecular weight is 473 g/mol. The van der Waals surface area contributed by atoms with Gasteiger partial charge in [-0.05, 0) is 44.3 Å². The van der Waals surface area contributed by atoms with Gasteiger partial charge in [-0.3, -0.25) is 9.59 Å². The second-order valence-corrected chi connectivity index (χ2v) is 11.3. The summed E-state index contributed by atoms with van der Waals surface area (Å²) in [5.41, 5.74) is -2.95. The Hall–Kier alpha value is -2.25. The minimum Gasteiger partial charge on any atom is -0.461 e. The molecule has 7 nitrogen and oxygen atoms in total.